The molecule has 3 aromatic rings. The summed E-state index contributed by atoms with van der Waals surface area (Å²) in [6.07, 6.45) is 2.31. The first-order valence-corrected chi connectivity index (χ1v) is 8.56. The van der Waals surface area contributed by atoms with E-state index in [1.54, 1.807) is 4.68 Å². The van der Waals surface area contributed by atoms with Crippen LogP contribution in [0.3, 0.4) is 0 Å². The number of hydrogen-bond acceptors (Lipinski definition) is 4. The molecule has 1 fully saturated rings. The van der Waals surface area contributed by atoms with E-state index in [1.807, 2.05) is 7.05 Å². The number of benzene rings is 2. The van der Waals surface area contributed by atoms with Gasteiger partial charge in [-0.05, 0) is 35.7 Å². The van der Waals surface area contributed by atoms with Crippen molar-refractivity contribution in [2.45, 2.75) is 25.3 Å². The fourth-order valence-electron chi connectivity index (χ4n) is 3.67. The predicted molar refractivity (Wildman–Crippen MR) is 96.6 cm³/mol. The van der Waals surface area contributed by atoms with Gasteiger partial charge >= 0.3 is 0 Å². The van der Waals surface area contributed by atoms with Crippen LogP contribution in [-0.4, -0.2) is 32.8 Å². The van der Waals surface area contributed by atoms with Gasteiger partial charge in [-0.15, -0.1) is 0 Å². The Balaban J connectivity index is 1.54. The van der Waals surface area contributed by atoms with Gasteiger partial charge in [-0.25, -0.2) is 4.68 Å². The van der Waals surface area contributed by atoms with Crippen LogP contribution in [0.5, 0.6) is 0 Å². The first-order chi connectivity index (χ1) is 11.7. The highest BCUT2D eigenvalue weighted by molar-refractivity contribution is 5.85. The van der Waals surface area contributed by atoms with Crippen molar-refractivity contribution in [3.63, 3.8) is 0 Å². The van der Waals surface area contributed by atoms with Crippen molar-refractivity contribution in [1.29, 1.82) is 0 Å². The molecule has 0 amide bonds. The van der Waals surface area contributed by atoms with Gasteiger partial charge in [-0.1, -0.05) is 42.5 Å². The highest BCUT2D eigenvalue weighted by Crippen LogP contribution is 2.27. The molecule has 0 spiro atoms. The van der Waals surface area contributed by atoms with Gasteiger partial charge in [0.2, 0.25) is 5.95 Å². The van der Waals surface area contributed by atoms with Crippen molar-refractivity contribution in [2.24, 2.45) is 7.05 Å². The Bertz CT molecular complexity index is 829. The van der Waals surface area contributed by atoms with Crippen molar-refractivity contribution in [1.82, 2.24) is 19.7 Å². The van der Waals surface area contributed by atoms with Gasteiger partial charge in [0.25, 0.3) is 0 Å². The lowest BCUT2D eigenvalue weighted by Gasteiger charge is -2.31. The van der Waals surface area contributed by atoms with Crippen molar-refractivity contribution in [3.8, 4) is 0 Å². The average molecular weight is 321 g/mol. The van der Waals surface area contributed by atoms with Crippen molar-refractivity contribution in [3.05, 3.63) is 53.9 Å². The standard InChI is InChI=1S/C19H23N5/c1-23-19(20)21-18(22-23)16-9-5-11-24(13-16)12-15-8-4-7-14-6-2-3-10-17(14)15/h2-4,6-8,10,16H,5,9,11-13H2,1H3,(H2,20,21,22). The number of nitrogens with two attached hydrogens (primary N) is 1. The van der Waals surface area contributed by atoms with E-state index in [0.717, 1.165) is 31.9 Å². The van der Waals surface area contributed by atoms with Crippen molar-refractivity contribution in [2.75, 3.05) is 18.8 Å². The average Bonchev–Trinajstić information content (AvgIpc) is 2.95. The third kappa shape index (κ3) is 2.87. The van der Waals surface area contributed by atoms with Crippen LogP contribution in [-0.2, 0) is 13.6 Å². The van der Waals surface area contributed by atoms with E-state index < -0.39 is 0 Å². The number of hydrogen-bond donors (Lipinski definition) is 1. The van der Waals surface area contributed by atoms with Gasteiger partial charge < -0.3 is 5.73 Å². The number of anilines is 1. The Labute approximate surface area is 142 Å². The molecule has 1 aliphatic rings. The lowest BCUT2D eigenvalue weighted by atomic mass is 9.96. The maximum absolute atomic E-state index is 5.84. The SMILES string of the molecule is Cn1nc(C2CCCN(Cc3cccc4ccccc34)C2)nc1N. The van der Waals surface area contributed by atoms with Gasteiger partial charge in [0, 0.05) is 26.1 Å². The molecule has 2 aromatic carbocycles. The van der Waals surface area contributed by atoms with Gasteiger partial charge in [0.1, 0.15) is 0 Å². The molecule has 1 aliphatic heterocycles. The van der Waals surface area contributed by atoms with E-state index in [-0.39, 0.29) is 0 Å². The molecule has 2 N–H and O–H groups in total. The monoisotopic (exact) mass is 321 g/mol. The highest BCUT2D eigenvalue weighted by Gasteiger charge is 2.25. The van der Waals surface area contributed by atoms with Crippen LogP contribution in [0.25, 0.3) is 10.8 Å². The number of rotatable bonds is 3. The molecule has 124 valence electrons. The van der Waals surface area contributed by atoms with Crippen molar-refractivity contribution >= 4 is 16.7 Å². The summed E-state index contributed by atoms with van der Waals surface area (Å²) in [7, 11) is 1.85. The maximum Gasteiger partial charge on any atom is 0.218 e. The quantitative estimate of drug-likeness (QED) is 0.806. The second-order valence-electron chi connectivity index (χ2n) is 6.66. The van der Waals surface area contributed by atoms with Crippen LogP contribution in [0.15, 0.2) is 42.5 Å². The maximum atomic E-state index is 5.84. The summed E-state index contributed by atoms with van der Waals surface area (Å²) < 4.78 is 1.67. The molecule has 24 heavy (non-hydrogen) atoms. The van der Waals surface area contributed by atoms with Crippen LogP contribution in [0.2, 0.25) is 0 Å². The molecule has 5 nitrogen and oxygen atoms in total. The Kier molecular flexibility index (Phi) is 3.94. The number of aryl methyl sites for hydroxylation is 1. The van der Waals surface area contributed by atoms with Crippen LogP contribution < -0.4 is 5.73 Å². The molecule has 0 bridgehead atoms. The summed E-state index contributed by atoms with van der Waals surface area (Å²) >= 11 is 0. The van der Waals surface area contributed by atoms with Crippen LogP contribution in [0, 0.1) is 0 Å². The lowest BCUT2D eigenvalue weighted by Crippen LogP contribution is -2.34. The van der Waals surface area contributed by atoms with E-state index in [0.29, 0.717) is 11.9 Å². The Morgan fingerprint density at radius 2 is 2.00 bits per heavy atom. The Morgan fingerprint density at radius 3 is 2.83 bits per heavy atom. The predicted octanol–water partition coefficient (Wildman–Crippen LogP) is 2.93. The number of likely N-dealkylation sites (tertiary alicyclic amines) is 1. The molecular formula is C19H23N5. The van der Waals surface area contributed by atoms with E-state index in [9.17, 15) is 0 Å². The smallest absolute Gasteiger partial charge is 0.218 e. The molecular weight excluding hydrogens is 298 g/mol. The number of fused-ring (bicyclic) bond motifs is 1. The molecule has 5 heteroatoms. The second kappa shape index (κ2) is 6.24. The van der Waals surface area contributed by atoms with Gasteiger partial charge in [0.05, 0.1) is 0 Å². The zero-order chi connectivity index (χ0) is 16.5. The molecule has 1 atom stereocenters. The van der Waals surface area contributed by atoms with E-state index in [4.69, 9.17) is 5.73 Å². The molecule has 1 aromatic heterocycles. The molecule has 2 heterocycles. The topological polar surface area (TPSA) is 60.0 Å². The molecule has 1 unspecified atom stereocenters. The Morgan fingerprint density at radius 1 is 1.17 bits per heavy atom. The largest absolute Gasteiger partial charge is 0.368 e. The minimum Gasteiger partial charge on any atom is -0.368 e. The normalized spacial score (nSPS) is 19.0. The number of aromatic nitrogens is 3. The minimum atomic E-state index is 0.372. The number of piperidine rings is 1. The van der Waals surface area contributed by atoms with Gasteiger partial charge in [-0.3, -0.25) is 4.90 Å². The molecule has 0 saturated carbocycles. The van der Waals surface area contributed by atoms with Crippen LogP contribution >= 0.6 is 0 Å². The molecule has 0 aliphatic carbocycles. The van der Waals surface area contributed by atoms with Gasteiger partial charge in [-0.2, -0.15) is 10.1 Å². The summed E-state index contributed by atoms with van der Waals surface area (Å²) in [6.45, 7) is 3.09. The third-order valence-electron chi connectivity index (χ3n) is 4.96. The van der Waals surface area contributed by atoms with Crippen molar-refractivity contribution < 1.29 is 0 Å². The Hall–Kier alpha value is -2.40. The van der Waals surface area contributed by atoms with Crippen LogP contribution in [0.4, 0.5) is 5.95 Å². The number of nitrogens with zero attached hydrogens (tertiary/aromatic N) is 4. The highest BCUT2D eigenvalue weighted by atomic mass is 15.4. The lowest BCUT2D eigenvalue weighted by molar-refractivity contribution is 0.197. The van der Waals surface area contributed by atoms with Gasteiger partial charge in [0.15, 0.2) is 5.82 Å². The van der Waals surface area contributed by atoms with Crippen LogP contribution in [0.1, 0.15) is 30.1 Å². The number of nitrogen functional groups attached to an aromatic ring is 1. The molecule has 1 saturated heterocycles. The van der Waals surface area contributed by atoms with E-state index in [2.05, 4.69) is 57.4 Å². The first-order valence-electron chi connectivity index (χ1n) is 8.56. The third-order valence-corrected chi connectivity index (χ3v) is 4.96. The van der Waals surface area contributed by atoms with E-state index >= 15 is 0 Å². The first kappa shape index (κ1) is 15.1. The molecule has 4 rings (SSSR count). The zero-order valence-electron chi connectivity index (χ0n) is 14.0. The fraction of sp³-hybridized carbons (Fsp3) is 0.368. The summed E-state index contributed by atoms with van der Waals surface area (Å²) in [5, 5.41) is 7.14. The zero-order valence-corrected chi connectivity index (χ0v) is 14.0. The summed E-state index contributed by atoms with van der Waals surface area (Å²) in [4.78, 5) is 6.94. The summed E-state index contributed by atoms with van der Waals surface area (Å²) in [5.41, 5.74) is 7.23. The van der Waals surface area contributed by atoms with E-state index in [1.165, 1.54) is 22.8 Å². The molecule has 0 radical (unpaired) electrons. The summed E-state index contributed by atoms with van der Waals surface area (Å²) in [5.74, 6) is 1.76. The minimum absolute atomic E-state index is 0.372. The fourth-order valence-corrected chi connectivity index (χ4v) is 3.67. The second-order valence-corrected chi connectivity index (χ2v) is 6.66. The summed E-state index contributed by atoms with van der Waals surface area (Å²) in [6, 6.07) is 15.2.